The first kappa shape index (κ1) is 15.6. The van der Waals surface area contributed by atoms with Crippen LogP contribution in [0.3, 0.4) is 0 Å². The molecule has 0 unspecified atom stereocenters. The Labute approximate surface area is 134 Å². The Hall–Kier alpha value is -1.77. The molecule has 0 aliphatic heterocycles. The van der Waals surface area contributed by atoms with Gasteiger partial charge in [-0.15, -0.1) is 0 Å². The maximum Gasteiger partial charge on any atom is 0.195 e. The summed E-state index contributed by atoms with van der Waals surface area (Å²) in [5, 5.41) is 1.13. The molecule has 0 fully saturated rings. The molecular weight excluding hydrogens is 305 g/mol. The third-order valence-corrected chi connectivity index (χ3v) is 3.32. The van der Waals surface area contributed by atoms with Crippen LogP contribution in [0.4, 0.5) is 0 Å². The van der Waals surface area contributed by atoms with Crippen LogP contribution >= 0.6 is 23.2 Å². The smallest absolute Gasteiger partial charge is 0.195 e. The minimum absolute atomic E-state index is 0.0894. The molecule has 2 aromatic rings. The van der Waals surface area contributed by atoms with E-state index in [4.69, 9.17) is 23.2 Å². The molecule has 2 nitrogen and oxygen atoms in total. The summed E-state index contributed by atoms with van der Waals surface area (Å²) >= 11 is 12.0. The first-order valence-corrected chi connectivity index (χ1v) is 7.17. The van der Waals surface area contributed by atoms with E-state index >= 15 is 0 Å². The zero-order valence-electron chi connectivity index (χ0n) is 11.8. The monoisotopic (exact) mass is 319 g/mol. The van der Waals surface area contributed by atoms with Gasteiger partial charge in [0.15, 0.2) is 5.78 Å². The molecule has 0 saturated carbocycles. The molecule has 0 aliphatic rings. The summed E-state index contributed by atoms with van der Waals surface area (Å²) < 4.78 is 0. The Morgan fingerprint density at radius 2 is 1.48 bits per heavy atom. The van der Waals surface area contributed by atoms with Crippen LogP contribution in [0.5, 0.6) is 0 Å². The minimum atomic E-state index is -0.0894. The van der Waals surface area contributed by atoms with E-state index < -0.39 is 0 Å². The fourth-order valence-corrected chi connectivity index (χ4v) is 2.34. The van der Waals surface area contributed by atoms with Crippen LogP contribution in [0.15, 0.2) is 54.7 Å². The second kappa shape index (κ2) is 6.79. The number of rotatable bonds is 4. The molecule has 0 bridgehead atoms. The highest BCUT2D eigenvalue weighted by atomic mass is 35.5. The summed E-state index contributed by atoms with van der Waals surface area (Å²) in [5.41, 5.74) is 1.90. The summed E-state index contributed by atoms with van der Waals surface area (Å²) in [6.07, 6.45) is 1.79. The van der Waals surface area contributed by atoms with Crippen molar-refractivity contribution in [3.63, 3.8) is 0 Å². The van der Waals surface area contributed by atoms with Gasteiger partial charge in [0.2, 0.25) is 0 Å². The van der Waals surface area contributed by atoms with Crippen molar-refractivity contribution in [1.82, 2.24) is 4.90 Å². The number of benzene rings is 2. The van der Waals surface area contributed by atoms with E-state index in [0.29, 0.717) is 21.2 Å². The topological polar surface area (TPSA) is 20.3 Å². The molecule has 0 heterocycles. The number of Topliss-reactive ketones (excluding diaryl/α,β-unsaturated/α-hetero) is 1. The van der Waals surface area contributed by atoms with Crippen molar-refractivity contribution in [3.05, 3.63) is 75.9 Å². The Morgan fingerprint density at radius 3 is 2.00 bits per heavy atom. The number of carbonyl (C=O) groups is 1. The average molecular weight is 320 g/mol. The minimum Gasteiger partial charge on any atom is -0.383 e. The zero-order valence-corrected chi connectivity index (χ0v) is 13.3. The van der Waals surface area contributed by atoms with Crippen LogP contribution in [0.1, 0.15) is 15.9 Å². The fourth-order valence-electron chi connectivity index (χ4n) is 1.96. The summed E-state index contributed by atoms with van der Waals surface area (Å²) in [6, 6.07) is 14.2. The highest BCUT2D eigenvalue weighted by molar-refractivity contribution is 6.34. The van der Waals surface area contributed by atoms with Crippen molar-refractivity contribution in [3.8, 4) is 0 Å². The molecular formula is C17H15Cl2NO. The zero-order chi connectivity index (χ0) is 15.4. The highest BCUT2D eigenvalue weighted by Crippen LogP contribution is 2.24. The molecule has 0 N–H and O–H groups in total. The Balaban J connectivity index is 2.49. The Bertz CT molecular complexity index is 693. The summed E-state index contributed by atoms with van der Waals surface area (Å²) in [6.45, 7) is 0. The van der Waals surface area contributed by atoms with Crippen LogP contribution in [0, 0.1) is 0 Å². The number of ketones is 1. The lowest BCUT2D eigenvalue weighted by Gasteiger charge is -2.12. The lowest BCUT2D eigenvalue weighted by atomic mass is 9.97. The summed E-state index contributed by atoms with van der Waals surface area (Å²) in [5.74, 6) is -0.0894. The lowest BCUT2D eigenvalue weighted by molar-refractivity contribution is 0.105. The molecule has 0 amide bonds. The van der Waals surface area contributed by atoms with Gasteiger partial charge in [-0.25, -0.2) is 0 Å². The molecule has 0 spiro atoms. The number of carbonyl (C=O) groups excluding carboxylic acids is 1. The Morgan fingerprint density at radius 1 is 0.952 bits per heavy atom. The second-order valence-corrected chi connectivity index (χ2v) is 5.73. The first-order valence-electron chi connectivity index (χ1n) is 6.42. The molecule has 0 radical (unpaired) electrons. The van der Waals surface area contributed by atoms with E-state index in [-0.39, 0.29) is 5.78 Å². The van der Waals surface area contributed by atoms with Gasteiger partial charge in [0.1, 0.15) is 0 Å². The van der Waals surface area contributed by atoms with Crippen molar-refractivity contribution >= 4 is 34.6 Å². The second-order valence-electron chi connectivity index (χ2n) is 4.86. The Kier molecular flexibility index (Phi) is 5.05. The maximum absolute atomic E-state index is 12.7. The molecule has 0 aromatic heterocycles. The van der Waals surface area contributed by atoms with Gasteiger partial charge in [0.05, 0.1) is 0 Å². The molecule has 108 valence electrons. The lowest BCUT2D eigenvalue weighted by Crippen LogP contribution is -2.09. The summed E-state index contributed by atoms with van der Waals surface area (Å²) in [4.78, 5) is 14.6. The predicted octanol–water partition coefficient (Wildman–Crippen LogP) is 4.78. The average Bonchev–Trinajstić information content (AvgIpc) is 2.44. The van der Waals surface area contributed by atoms with E-state index in [0.717, 1.165) is 5.56 Å². The molecule has 0 saturated heterocycles. The van der Waals surface area contributed by atoms with Gasteiger partial charge in [-0.3, -0.25) is 4.79 Å². The number of nitrogens with zero attached hydrogens (tertiary/aromatic N) is 1. The first-order chi connectivity index (χ1) is 9.97. The quantitative estimate of drug-likeness (QED) is 0.597. The molecule has 0 atom stereocenters. The van der Waals surface area contributed by atoms with Gasteiger partial charge in [0, 0.05) is 41.5 Å². The highest BCUT2D eigenvalue weighted by Gasteiger charge is 2.15. The van der Waals surface area contributed by atoms with E-state index in [1.54, 1.807) is 42.6 Å². The summed E-state index contributed by atoms with van der Waals surface area (Å²) in [7, 11) is 3.74. The van der Waals surface area contributed by atoms with Crippen LogP contribution in [0.25, 0.3) is 5.57 Å². The standard InChI is InChI=1S/C17H15Cl2NO/c1-20(2)11-16(12-5-3-7-14(18)9-12)17(21)13-6-4-8-15(19)10-13/h3-11H,1-2H3. The molecule has 2 rings (SSSR count). The largest absolute Gasteiger partial charge is 0.383 e. The van der Waals surface area contributed by atoms with Crippen molar-refractivity contribution in [2.45, 2.75) is 0 Å². The number of halogens is 2. The third-order valence-electron chi connectivity index (χ3n) is 2.85. The van der Waals surface area contributed by atoms with Crippen LogP contribution in [-0.4, -0.2) is 24.8 Å². The number of hydrogen-bond donors (Lipinski definition) is 0. The molecule has 4 heteroatoms. The van der Waals surface area contributed by atoms with E-state index in [9.17, 15) is 4.79 Å². The van der Waals surface area contributed by atoms with Gasteiger partial charge in [-0.1, -0.05) is 47.5 Å². The van der Waals surface area contributed by atoms with Gasteiger partial charge >= 0.3 is 0 Å². The number of hydrogen-bond acceptors (Lipinski definition) is 2. The van der Waals surface area contributed by atoms with Gasteiger partial charge in [-0.05, 0) is 29.8 Å². The fraction of sp³-hybridized carbons (Fsp3) is 0.118. The molecule has 21 heavy (non-hydrogen) atoms. The van der Waals surface area contributed by atoms with Crippen molar-refractivity contribution in [2.75, 3.05) is 14.1 Å². The van der Waals surface area contributed by atoms with E-state index in [1.165, 1.54) is 0 Å². The van der Waals surface area contributed by atoms with Crippen molar-refractivity contribution in [1.29, 1.82) is 0 Å². The van der Waals surface area contributed by atoms with Crippen molar-refractivity contribution in [2.24, 2.45) is 0 Å². The van der Waals surface area contributed by atoms with Gasteiger partial charge < -0.3 is 4.90 Å². The van der Waals surface area contributed by atoms with Gasteiger partial charge in [-0.2, -0.15) is 0 Å². The van der Waals surface area contributed by atoms with Crippen molar-refractivity contribution < 1.29 is 4.79 Å². The van der Waals surface area contributed by atoms with E-state index in [1.807, 2.05) is 31.1 Å². The predicted molar refractivity (Wildman–Crippen MR) is 88.9 cm³/mol. The van der Waals surface area contributed by atoms with Crippen LogP contribution in [0.2, 0.25) is 10.0 Å². The molecule has 2 aromatic carbocycles. The SMILES string of the molecule is CN(C)C=C(C(=O)c1cccc(Cl)c1)c1cccc(Cl)c1. The number of allylic oxidation sites excluding steroid dienone is 1. The van der Waals surface area contributed by atoms with Gasteiger partial charge in [0.25, 0.3) is 0 Å². The molecule has 0 aliphatic carbocycles. The van der Waals surface area contributed by atoms with E-state index in [2.05, 4.69) is 0 Å². The van der Waals surface area contributed by atoms with Crippen LogP contribution < -0.4 is 0 Å². The van der Waals surface area contributed by atoms with Crippen LogP contribution in [-0.2, 0) is 0 Å². The maximum atomic E-state index is 12.7. The normalized spacial score (nSPS) is 11.3. The third kappa shape index (κ3) is 4.10.